The van der Waals surface area contributed by atoms with Gasteiger partial charge in [0.2, 0.25) is 0 Å². The minimum atomic E-state index is -2.96. The number of H-pyrrole nitrogens is 1. The van der Waals surface area contributed by atoms with E-state index in [1.54, 1.807) is 0 Å². The third-order valence-electron chi connectivity index (χ3n) is 5.26. The van der Waals surface area contributed by atoms with Crippen molar-refractivity contribution in [3.63, 3.8) is 0 Å². The molecule has 2 aromatic carbocycles. The van der Waals surface area contributed by atoms with Crippen molar-refractivity contribution in [3.8, 4) is 11.4 Å². The number of fused-ring (bicyclic) bond motifs is 1. The molecule has 1 amide bonds. The van der Waals surface area contributed by atoms with E-state index in [0.717, 1.165) is 23.3 Å². The summed E-state index contributed by atoms with van der Waals surface area (Å²) in [5, 5.41) is 6.56. The number of rotatable bonds is 5. The lowest BCUT2D eigenvalue weighted by Crippen LogP contribution is -2.32. The number of halogens is 3. The van der Waals surface area contributed by atoms with Gasteiger partial charge in [0.05, 0.1) is 5.56 Å². The van der Waals surface area contributed by atoms with Gasteiger partial charge in [0.1, 0.15) is 17.4 Å². The normalized spacial score (nSPS) is 12.3. The minimum absolute atomic E-state index is 0.0257. The van der Waals surface area contributed by atoms with Crippen LogP contribution in [0.15, 0.2) is 59.5 Å². The van der Waals surface area contributed by atoms with Crippen molar-refractivity contribution in [1.82, 2.24) is 19.9 Å². The van der Waals surface area contributed by atoms with Gasteiger partial charge < -0.3 is 10.3 Å². The van der Waals surface area contributed by atoms with Crippen LogP contribution in [-0.2, 0) is 0 Å². The molecule has 0 aliphatic heterocycles. The van der Waals surface area contributed by atoms with E-state index in [4.69, 9.17) is 0 Å². The number of benzene rings is 2. The molecule has 0 aliphatic rings. The number of hydrogen-bond donors (Lipinski definition) is 2. The topological polar surface area (TPSA) is 79.3 Å². The van der Waals surface area contributed by atoms with E-state index in [-0.39, 0.29) is 16.6 Å². The first-order valence-corrected chi connectivity index (χ1v) is 9.78. The van der Waals surface area contributed by atoms with Crippen molar-refractivity contribution < 1.29 is 18.0 Å². The Morgan fingerprint density at radius 2 is 1.88 bits per heavy atom. The molecule has 32 heavy (non-hydrogen) atoms. The molecule has 1 unspecified atom stereocenters. The number of alkyl halides is 2. The highest BCUT2D eigenvalue weighted by molar-refractivity contribution is 5.95. The summed E-state index contributed by atoms with van der Waals surface area (Å²) in [6, 6.07) is 9.81. The Hall–Kier alpha value is -3.88. The van der Waals surface area contributed by atoms with Crippen LogP contribution < -0.4 is 10.9 Å². The van der Waals surface area contributed by atoms with Gasteiger partial charge in [-0.25, -0.2) is 17.7 Å². The third kappa shape index (κ3) is 4.14. The van der Waals surface area contributed by atoms with Crippen molar-refractivity contribution in [2.24, 2.45) is 0 Å². The monoisotopic (exact) mass is 440 g/mol. The lowest BCUT2D eigenvalue weighted by atomic mass is 10.1. The van der Waals surface area contributed by atoms with E-state index in [9.17, 15) is 22.8 Å². The van der Waals surface area contributed by atoms with Crippen molar-refractivity contribution in [1.29, 1.82) is 0 Å². The van der Waals surface area contributed by atoms with Crippen molar-refractivity contribution >= 4 is 11.4 Å². The molecule has 4 rings (SSSR count). The molecule has 2 aromatic heterocycles. The summed E-state index contributed by atoms with van der Waals surface area (Å²) in [7, 11) is 0. The van der Waals surface area contributed by atoms with E-state index in [1.807, 2.05) is 32.0 Å². The molecule has 2 heterocycles. The molecule has 2 N–H and O–H groups in total. The molecule has 6 nitrogen and oxygen atoms in total. The summed E-state index contributed by atoms with van der Waals surface area (Å²) >= 11 is 0. The Morgan fingerprint density at radius 3 is 2.56 bits per heavy atom. The predicted octanol–water partition coefficient (Wildman–Crippen LogP) is 4.18. The van der Waals surface area contributed by atoms with Gasteiger partial charge in [-0.15, -0.1) is 5.10 Å². The number of nitrogens with zero attached hydrogens (tertiary/aromatic N) is 2. The zero-order valence-corrected chi connectivity index (χ0v) is 17.2. The van der Waals surface area contributed by atoms with Crippen LogP contribution in [0.5, 0.6) is 0 Å². The molecule has 0 fully saturated rings. The van der Waals surface area contributed by atoms with Crippen LogP contribution >= 0.6 is 0 Å². The largest absolute Gasteiger partial charge is 0.339 e. The summed E-state index contributed by atoms with van der Waals surface area (Å²) in [6.07, 6.45) is -1.67. The fraction of sp³-hybridized carbons (Fsp3) is 0.174. The number of carbonyl (C=O) groups excluding carboxylic acids is 1. The van der Waals surface area contributed by atoms with Crippen LogP contribution in [0.3, 0.4) is 0 Å². The highest BCUT2D eigenvalue weighted by Gasteiger charge is 2.26. The van der Waals surface area contributed by atoms with Gasteiger partial charge in [-0.05, 0) is 54.8 Å². The Bertz CT molecular complexity index is 1380. The van der Waals surface area contributed by atoms with Crippen LogP contribution in [0, 0.1) is 19.7 Å². The number of aromatic nitrogens is 3. The second kappa shape index (κ2) is 8.33. The van der Waals surface area contributed by atoms with Crippen molar-refractivity contribution in [2.75, 3.05) is 0 Å². The summed E-state index contributed by atoms with van der Waals surface area (Å²) in [5.74, 6) is -1.22. The van der Waals surface area contributed by atoms with Crippen LogP contribution in [0.1, 0.15) is 33.1 Å². The zero-order valence-electron chi connectivity index (χ0n) is 17.2. The van der Waals surface area contributed by atoms with Gasteiger partial charge in [0, 0.05) is 11.8 Å². The molecule has 1 atom stereocenters. The maximum atomic E-state index is 13.6. The lowest BCUT2D eigenvalue weighted by Gasteiger charge is -2.18. The van der Waals surface area contributed by atoms with Gasteiger partial charge in [-0.2, -0.15) is 0 Å². The van der Waals surface area contributed by atoms with E-state index in [2.05, 4.69) is 15.4 Å². The standard InChI is InChI=1S/C23H19F3N4O2/c1-12-6-7-15(8-13(12)2)21-28-23(32)18-10-16(11-30(18)29-21)22(31)27-19(20(25)26)14-4-3-5-17(24)9-14/h3-11,19-20H,1-2H3,(H,27,31)(H,28,29,32). The molecule has 0 spiro atoms. The summed E-state index contributed by atoms with van der Waals surface area (Å²) in [4.78, 5) is 27.9. The molecule has 0 radical (unpaired) electrons. The van der Waals surface area contributed by atoms with Crippen molar-refractivity contribution in [2.45, 2.75) is 26.3 Å². The predicted molar refractivity (Wildman–Crippen MR) is 113 cm³/mol. The van der Waals surface area contributed by atoms with E-state index in [0.29, 0.717) is 11.4 Å². The van der Waals surface area contributed by atoms with Gasteiger partial charge >= 0.3 is 0 Å². The molecule has 0 saturated heterocycles. The number of amides is 1. The fourth-order valence-corrected chi connectivity index (χ4v) is 3.37. The number of aromatic amines is 1. The first-order chi connectivity index (χ1) is 15.2. The lowest BCUT2D eigenvalue weighted by molar-refractivity contribution is 0.0743. The third-order valence-corrected chi connectivity index (χ3v) is 5.26. The second-order valence-corrected chi connectivity index (χ2v) is 7.50. The van der Waals surface area contributed by atoms with Gasteiger partial charge in [-0.3, -0.25) is 9.59 Å². The Labute approximate surface area is 180 Å². The van der Waals surface area contributed by atoms with Crippen LogP contribution in [0.2, 0.25) is 0 Å². The molecule has 0 bridgehead atoms. The summed E-state index contributed by atoms with van der Waals surface area (Å²) in [5.41, 5.74) is 2.31. The van der Waals surface area contributed by atoms with Crippen LogP contribution in [-0.4, -0.2) is 26.9 Å². The smallest absolute Gasteiger partial charge is 0.275 e. The summed E-state index contributed by atoms with van der Waals surface area (Å²) in [6.45, 7) is 3.90. The number of nitrogens with one attached hydrogen (secondary N) is 2. The van der Waals surface area contributed by atoms with Gasteiger partial charge in [-0.1, -0.05) is 24.3 Å². The van der Waals surface area contributed by atoms with Crippen molar-refractivity contribution in [3.05, 3.63) is 93.2 Å². The number of carbonyl (C=O) groups is 1. The van der Waals surface area contributed by atoms with E-state index < -0.39 is 29.8 Å². The average Bonchev–Trinajstić information content (AvgIpc) is 3.18. The molecular weight excluding hydrogens is 421 g/mol. The van der Waals surface area contributed by atoms with E-state index >= 15 is 0 Å². The zero-order chi connectivity index (χ0) is 23.0. The quantitative estimate of drug-likeness (QED) is 0.489. The first kappa shape index (κ1) is 21.4. The Morgan fingerprint density at radius 1 is 1.09 bits per heavy atom. The molecule has 0 aliphatic carbocycles. The fourth-order valence-electron chi connectivity index (χ4n) is 3.37. The molecule has 0 saturated carbocycles. The average molecular weight is 440 g/mol. The minimum Gasteiger partial charge on any atom is -0.339 e. The Kier molecular flexibility index (Phi) is 5.56. The Balaban J connectivity index is 1.67. The molecule has 4 aromatic rings. The summed E-state index contributed by atoms with van der Waals surface area (Å²) < 4.78 is 41.8. The van der Waals surface area contributed by atoms with Crippen LogP contribution in [0.25, 0.3) is 16.9 Å². The van der Waals surface area contributed by atoms with Crippen LogP contribution in [0.4, 0.5) is 13.2 Å². The maximum absolute atomic E-state index is 13.6. The first-order valence-electron chi connectivity index (χ1n) is 9.78. The second-order valence-electron chi connectivity index (χ2n) is 7.50. The highest BCUT2D eigenvalue weighted by Crippen LogP contribution is 2.23. The maximum Gasteiger partial charge on any atom is 0.275 e. The SMILES string of the molecule is Cc1ccc(-c2nn3cc(C(=O)NC(c4cccc(F)c4)C(F)F)cc3c(=O)[nH]2)cc1C. The molecular formula is C23H19F3N4O2. The van der Waals surface area contributed by atoms with E-state index in [1.165, 1.54) is 28.9 Å². The van der Waals surface area contributed by atoms with Gasteiger partial charge in [0.25, 0.3) is 17.9 Å². The number of aryl methyl sites for hydroxylation is 2. The highest BCUT2D eigenvalue weighted by atomic mass is 19.3. The molecule has 9 heteroatoms. The number of hydrogen-bond acceptors (Lipinski definition) is 3. The van der Waals surface area contributed by atoms with Gasteiger partial charge in [0.15, 0.2) is 5.82 Å². The molecule has 164 valence electrons.